The van der Waals surface area contributed by atoms with Crippen molar-refractivity contribution < 1.29 is 4.89 Å². The second-order valence-electron chi connectivity index (χ2n) is 11.3. The molecule has 4 heteroatoms. The molecule has 1 fully saturated rings. The van der Waals surface area contributed by atoms with Gasteiger partial charge in [-0.15, -0.1) is 0 Å². The normalized spacial score (nSPS) is 20.3. The van der Waals surface area contributed by atoms with Gasteiger partial charge in [-0.3, -0.25) is 9.34 Å². The molecule has 2 unspecified atom stereocenters. The highest BCUT2D eigenvalue weighted by atomic mass is 31.2. The smallest absolute Gasteiger partial charge is 0.0407 e. The Labute approximate surface area is 236 Å². The van der Waals surface area contributed by atoms with Crippen molar-refractivity contribution in [2.75, 3.05) is 0 Å². The van der Waals surface area contributed by atoms with Crippen LogP contribution in [0.1, 0.15) is 74.1 Å². The van der Waals surface area contributed by atoms with Gasteiger partial charge in [0.05, 0.1) is 0 Å². The van der Waals surface area contributed by atoms with Gasteiger partial charge in [-0.05, 0) is 92.5 Å². The van der Waals surface area contributed by atoms with Crippen molar-refractivity contribution in [1.29, 1.82) is 0 Å². The monoisotopic (exact) mass is 535 g/mol. The zero-order valence-electron chi connectivity index (χ0n) is 24.1. The molecule has 39 heavy (non-hydrogen) atoms. The van der Waals surface area contributed by atoms with Gasteiger partial charge in [0, 0.05) is 25.2 Å². The first-order chi connectivity index (χ1) is 18.7. The molecule has 5 rings (SSSR count). The number of rotatable bonds is 6. The Morgan fingerprint density at radius 1 is 0.590 bits per heavy atom. The molecule has 0 spiro atoms. The van der Waals surface area contributed by atoms with Crippen molar-refractivity contribution >= 4 is 8.45 Å². The SMILES string of the molecule is Cc1cc(C)c(CN2C(c3ccccc3)CC(c3ccccc3)N(Cc3c(C)cc(C)cc3C)P2[O-])c(C)c1. The molecule has 1 saturated heterocycles. The van der Waals surface area contributed by atoms with E-state index < -0.39 is 8.45 Å². The third-order valence-corrected chi connectivity index (χ3v) is 10.0. The molecule has 4 aromatic carbocycles. The van der Waals surface area contributed by atoms with Crippen LogP contribution in [0.2, 0.25) is 0 Å². The van der Waals surface area contributed by atoms with Gasteiger partial charge in [0.15, 0.2) is 0 Å². The number of nitrogens with zero attached hydrogens (tertiary/aromatic N) is 2. The summed E-state index contributed by atoms with van der Waals surface area (Å²) in [5.41, 5.74) is 12.6. The summed E-state index contributed by atoms with van der Waals surface area (Å²) in [6, 6.07) is 30.4. The van der Waals surface area contributed by atoms with E-state index in [0.717, 1.165) is 6.42 Å². The van der Waals surface area contributed by atoms with E-state index in [1.54, 1.807) is 0 Å². The summed E-state index contributed by atoms with van der Waals surface area (Å²) < 4.78 is 4.54. The van der Waals surface area contributed by atoms with Gasteiger partial charge in [0.25, 0.3) is 0 Å². The summed E-state index contributed by atoms with van der Waals surface area (Å²) in [6.07, 6.45) is 0.878. The minimum atomic E-state index is -1.84. The molecule has 1 heterocycles. The Balaban J connectivity index is 1.61. The fraction of sp³-hybridized carbons (Fsp3) is 0.314. The van der Waals surface area contributed by atoms with E-state index in [2.05, 4.69) is 136 Å². The average Bonchev–Trinajstić information content (AvgIpc) is 2.90. The second-order valence-corrected chi connectivity index (χ2v) is 12.8. The molecule has 0 amide bonds. The van der Waals surface area contributed by atoms with E-state index in [0.29, 0.717) is 13.1 Å². The summed E-state index contributed by atoms with van der Waals surface area (Å²) in [5, 5.41) is 0. The lowest BCUT2D eigenvalue weighted by molar-refractivity contribution is -0.193. The zero-order valence-corrected chi connectivity index (χ0v) is 25.0. The van der Waals surface area contributed by atoms with Crippen LogP contribution in [0.3, 0.4) is 0 Å². The number of aryl methyl sites for hydroxylation is 6. The van der Waals surface area contributed by atoms with E-state index >= 15 is 0 Å². The van der Waals surface area contributed by atoms with Crippen LogP contribution in [-0.2, 0) is 13.1 Å². The third-order valence-electron chi connectivity index (χ3n) is 8.30. The van der Waals surface area contributed by atoms with Crippen molar-refractivity contribution in [1.82, 2.24) is 9.34 Å². The first-order valence-corrected chi connectivity index (χ1v) is 15.1. The molecule has 0 aliphatic carbocycles. The molecule has 0 N–H and O–H groups in total. The highest BCUT2D eigenvalue weighted by molar-refractivity contribution is 7.44. The molecular formula is C35H40N2OP-. The van der Waals surface area contributed by atoms with Gasteiger partial charge in [-0.25, -0.2) is 0 Å². The second kappa shape index (κ2) is 11.7. The topological polar surface area (TPSA) is 29.5 Å². The van der Waals surface area contributed by atoms with Crippen LogP contribution in [0, 0.1) is 41.5 Å². The molecule has 0 bridgehead atoms. The summed E-state index contributed by atoms with van der Waals surface area (Å²) in [5.74, 6) is 0. The molecular weight excluding hydrogens is 495 g/mol. The van der Waals surface area contributed by atoms with E-state index in [-0.39, 0.29) is 12.1 Å². The van der Waals surface area contributed by atoms with Crippen molar-refractivity contribution in [2.45, 2.75) is 73.1 Å². The highest BCUT2D eigenvalue weighted by Gasteiger charge is 2.38. The standard InChI is InChI=1S/C35H40N2OP/c1-24-17-26(3)32(27(4)18-24)22-36-34(30-13-9-7-10-14-30)21-35(31-15-11-8-12-16-31)37(39(36)38)23-33-28(5)19-25(2)20-29(33)6/h7-20,34-35H,21-23H2,1-6H3/q-1. The van der Waals surface area contributed by atoms with Crippen LogP contribution in [0.5, 0.6) is 0 Å². The van der Waals surface area contributed by atoms with Gasteiger partial charge in [0.2, 0.25) is 0 Å². The Bertz CT molecular complexity index is 1280. The largest absolute Gasteiger partial charge is 0.806 e. The van der Waals surface area contributed by atoms with Crippen LogP contribution in [0.25, 0.3) is 0 Å². The maximum atomic E-state index is 14.9. The molecule has 0 aromatic heterocycles. The minimum Gasteiger partial charge on any atom is -0.806 e. The van der Waals surface area contributed by atoms with Crippen LogP contribution < -0.4 is 4.89 Å². The molecule has 1 aliphatic rings. The van der Waals surface area contributed by atoms with E-state index in [9.17, 15) is 4.89 Å². The molecule has 3 nitrogen and oxygen atoms in total. The molecule has 0 saturated carbocycles. The van der Waals surface area contributed by atoms with Crippen molar-refractivity contribution in [3.8, 4) is 0 Å². The molecule has 1 aliphatic heterocycles. The summed E-state index contributed by atoms with van der Waals surface area (Å²) in [6.45, 7) is 14.4. The van der Waals surface area contributed by atoms with Gasteiger partial charge < -0.3 is 4.89 Å². The predicted octanol–water partition coefficient (Wildman–Crippen LogP) is 8.31. The maximum Gasteiger partial charge on any atom is 0.0407 e. The van der Waals surface area contributed by atoms with E-state index in [1.165, 1.54) is 55.6 Å². The Kier molecular flexibility index (Phi) is 8.35. The van der Waals surface area contributed by atoms with Crippen LogP contribution >= 0.6 is 8.45 Å². The van der Waals surface area contributed by atoms with E-state index in [1.807, 2.05) is 0 Å². The lowest BCUT2D eigenvalue weighted by Gasteiger charge is -2.56. The van der Waals surface area contributed by atoms with Crippen molar-refractivity contribution in [3.63, 3.8) is 0 Å². The summed E-state index contributed by atoms with van der Waals surface area (Å²) in [4.78, 5) is 14.9. The third kappa shape index (κ3) is 5.88. The number of hydrogen-bond donors (Lipinski definition) is 0. The van der Waals surface area contributed by atoms with Crippen LogP contribution in [0.15, 0.2) is 84.9 Å². The van der Waals surface area contributed by atoms with Gasteiger partial charge in [-0.1, -0.05) is 105 Å². The fourth-order valence-electron chi connectivity index (χ4n) is 6.39. The minimum absolute atomic E-state index is 0.0524. The Hall–Kier alpha value is -2.81. The molecule has 202 valence electrons. The zero-order chi connectivity index (χ0) is 27.7. The fourth-order valence-corrected chi connectivity index (χ4v) is 8.14. The van der Waals surface area contributed by atoms with Crippen LogP contribution in [-0.4, -0.2) is 9.34 Å². The molecule has 4 aromatic rings. The average molecular weight is 536 g/mol. The molecule has 2 atom stereocenters. The Morgan fingerprint density at radius 3 is 1.26 bits per heavy atom. The van der Waals surface area contributed by atoms with Gasteiger partial charge in [-0.2, -0.15) is 0 Å². The van der Waals surface area contributed by atoms with Crippen molar-refractivity contribution in [2.24, 2.45) is 0 Å². The van der Waals surface area contributed by atoms with Crippen molar-refractivity contribution in [3.05, 3.63) is 141 Å². The lowest BCUT2D eigenvalue weighted by Crippen LogP contribution is -2.44. The predicted molar refractivity (Wildman–Crippen MR) is 162 cm³/mol. The first-order valence-electron chi connectivity index (χ1n) is 14.0. The van der Waals surface area contributed by atoms with Gasteiger partial charge >= 0.3 is 0 Å². The van der Waals surface area contributed by atoms with Crippen LogP contribution in [0.4, 0.5) is 0 Å². The number of hydrogen-bond acceptors (Lipinski definition) is 3. The highest BCUT2D eigenvalue weighted by Crippen LogP contribution is 2.57. The molecule has 0 radical (unpaired) electrons. The van der Waals surface area contributed by atoms with E-state index in [4.69, 9.17) is 0 Å². The summed E-state index contributed by atoms with van der Waals surface area (Å²) >= 11 is 0. The summed E-state index contributed by atoms with van der Waals surface area (Å²) in [7, 11) is -1.84. The Morgan fingerprint density at radius 2 is 0.923 bits per heavy atom. The lowest BCUT2D eigenvalue weighted by atomic mass is 9.92. The maximum absolute atomic E-state index is 14.9. The first kappa shape index (κ1) is 27.7. The quantitative estimate of drug-likeness (QED) is 0.233. The number of benzene rings is 4. The van der Waals surface area contributed by atoms with Gasteiger partial charge in [0.1, 0.15) is 0 Å².